The van der Waals surface area contributed by atoms with Gasteiger partial charge in [-0.25, -0.2) is 9.97 Å². The number of fused-ring (bicyclic) bond motifs is 1. The molecule has 1 aliphatic heterocycles. The fourth-order valence-electron chi connectivity index (χ4n) is 2.82. The largest absolute Gasteiger partial charge is 0.312 e. The van der Waals surface area contributed by atoms with Gasteiger partial charge in [0.15, 0.2) is 0 Å². The van der Waals surface area contributed by atoms with Gasteiger partial charge in [0.1, 0.15) is 5.82 Å². The second-order valence-corrected chi connectivity index (χ2v) is 5.47. The van der Waals surface area contributed by atoms with Gasteiger partial charge in [-0.15, -0.1) is 0 Å². The first kappa shape index (κ1) is 15.4. The van der Waals surface area contributed by atoms with E-state index < -0.39 is 0 Å². The summed E-state index contributed by atoms with van der Waals surface area (Å²) in [5, 5.41) is 3.44. The number of nitrogens with zero attached hydrogens (tertiary/aromatic N) is 3. The van der Waals surface area contributed by atoms with Crippen LogP contribution >= 0.6 is 0 Å². The van der Waals surface area contributed by atoms with E-state index >= 15 is 0 Å². The van der Waals surface area contributed by atoms with Gasteiger partial charge >= 0.3 is 0 Å². The van der Waals surface area contributed by atoms with Crippen molar-refractivity contribution in [1.29, 1.82) is 0 Å². The summed E-state index contributed by atoms with van der Waals surface area (Å²) >= 11 is 0. The summed E-state index contributed by atoms with van der Waals surface area (Å²) in [5.41, 5.74) is 3.93. The highest BCUT2D eigenvalue weighted by atomic mass is 15.1. The van der Waals surface area contributed by atoms with E-state index in [1.165, 1.54) is 17.0 Å². The van der Waals surface area contributed by atoms with Crippen molar-refractivity contribution in [2.24, 2.45) is 0 Å². The lowest BCUT2D eigenvalue weighted by Gasteiger charge is -2.21. The average molecular weight is 276 g/mol. The van der Waals surface area contributed by atoms with Crippen molar-refractivity contribution >= 4 is 0 Å². The third-order valence-electron chi connectivity index (χ3n) is 4.10. The molecule has 0 amide bonds. The molecule has 0 unspecified atom stereocenters. The van der Waals surface area contributed by atoms with Gasteiger partial charge in [-0.05, 0) is 19.5 Å². The van der Waals surface area contributed by atoms with E-state index in [0.29, 0.717) is 0 Å². The van der Waals surface area contributed by atoms with E-state index in [1.54, 1.807) is 0 Å². The Kier molecular flexibility index (Phi) is 5.92. The summed E-state index contributed by atoms with van der Waals surface area (Å²) in [4.78, 5) is 12.1. The molecule has 0 aliphatic carbocycles. The highest BCUT2D eigenvalue weighted by molar-refractivity contribution is 5.28. The predicted octanol–water partition coefficient (Wildman–Crippen LogP) is 1.96. The van der Waals surface area contributed by atoms with Gasteiger partial charge in [0.25, 0.3) is 0 Å². The number of hydrogen-bond donors (Lipinski definition) is 1. The number of aromatic nitrogens is 2. The topological polar surface area (TPSA) is 41.1 Å². The molecule has 0 saturated carbocycles. The molecule has 1 N–H and O–H groups in total. The van der Waals surface area contributed by atoms with Gasteiger partial charge in [0, 0.05) is 43.7 Å². The van der Waals surface area contributed by atoms with Crippen LogP contribution in [0.15, 0.2) is 0 Å². The summed E-state index contributed by atoms with van der Waals surface area (Å²) < 4.78 is 0. The lowest BCUT2D eigenvalue weighted by atomic mass is 10.0. The quantitative estimate of drug-likeness (QED) is 0.826. The van der Waals surface area contributed by atoms with Crippen LogP contribution in [0.3, 0.4) is 0 Å². The Bertz CT molecular complexity index is 427. The molecule has 0 atom stereocenters. The van der Waals surface area contributed by atoms with E-state index in [-0.39, 0.29) is 0 Å². The van der Waals surface area contributed by atoms with Crippen molar-refractivity contribution in [3.05, 3.63) is 22.8 Å². The standard InChI is InChI=1S/C16H28N4/c1-4-7-14-13-12-17-10-8-15(13)19-16(18-14)9-11-20(5-2)6-3/h17H,4-12H2,1-3H3. The Morgan fingerprint density at radius 3 is 2.60 bits per heavy atom. The molecule has 112 valence electrons. The SMILES string of the molecule is CCCc1nc(CCN(CC)CC)nc2c1CNCC2. The summed E-state index contributed by atoms with van der Waals surface area (Å²) in [5.74, 6) is 1.04. The summed E-state index contributed by atoms with van der Waals surface area (Å²) in [6.45, 7) is 11.9. The Morgan fingerprint density at radius 2 is 1.90 bits per heavy atom. The summed E-state index contributed by atoms with van der Waals surface area (Å²) in [7, 11) is 0. The first-order chi connectivity index (χ1) is 9.78. The van der Waals surface area contributed by atoms with Crippen LogP contribution in [0.5, 0.6) is 0 Å². The Labute approximate surface area is 123 Å². The van der Waals surface area contributed by atoms with Crippen LogP contribution in [0, 0.1) is 0 Å². The number of aryl methyl sites for hydroxylation is 1. The average Bonchev–Trinajstić information content (AvgIpc) is 2.48. The van der Waals surface area contributed by atoms with E-state index in [4.69, 9.17) is 9.97 Å². The molecule has 0 radical (unpaired) electrons. The maximum absolute atomic E-state index is 4.84. The second kappa shape index (κ2) is 7.70. The van der Waals surface area contributed by atoms with Crippen molar-refractivity contribution in [2.45, 2.75) is 53.0 Å². The summed E-state index contributed by atoms with van der Waals surface area (Å²) in [6, 6.07) is 0. The van der Waals surface area contributed by atoms with E-state index in [1.807, 2.05) is 0 Å². The van der Waals surface area contributed by atoms with Crippen molar-refractivity contribution < 1.29 is 0 Å². The van der Waals surface area contributed by atoms with Crippen LogP contribution in [0.25, 0.3) is 0 Å². The number of hydrogen-bond acceptors (Lipinski definition) is 4. The van der Waals surface area contributed by atoms with Gasteiger partial charge in [0.2, 0.25) is 0 Å². The van der Waals surface area contributed by atoms with Crippen LogP contribution in [0.4, 0.5) is 0 Å². The maximum atomic E-state index is 4.84. The van der Waals surface area contributed by atoms with Crippen molar-refractivity contribution in [3.8, 4) is 0 Å². The molecule has 0 saturated heterocycles. The first-order valence-electron chi connectivity index (χ1n) is 8.09. The fraction of sp³-hybridized carbons (Fsp3) is 0.750. The summed E-state index contributed by atoms with van der Waals surface area (Å²) in [6.07, 6.45) is 4.25. The molecule has 2 heterocycles. The Balaban J connectivity index is 2.14. The minimum absolute atomic E-state index is 0.945. The van der Waals surface area contributed by atoms with E-state index in [0.717, 1.165) is 64.2 Å². The van der Waals surface area contributed by atoms with Gasteiger partial charge < -0.3 is 10.2 Å². The monoisotopic (exact) mass is 276 g/mol. The van der Waals surface area contributed by atoms with Crippen molar-refractivity contribution in [3.63, 3.8) is 0 Å². The molecule has 0 fully saturated rings. The molecule has 1 aromatic heterocycles. The van der Waals surface area contributed by atoms with Crippen LogP contribution in [-0.4, -0.2) is 41.0 Å². The van der Waals surface area contributed by atoms with Gasteiger partial charge in [-0.3, -0.25) is 0 Å². The smallest absolute Gasteiger partial charge is 0.130 e. The molecule has 1 aromatic rings. The third-order valence-corrected chi connectivity index (χ3v) is 4.10. The molecular formula is C16H28N4. The first-order valence-corrected chi connectivity index (χ1v) is 8.09. The van der Waals surface area contributed by atoms with Gasteiger partial charge in [-0.2, -0.15) is 0 Å². The number of nitrogens with one attached hydrogen (secondary N) is 1. The van der Waals surface area contributed by atoms with Crippen LogP contribution in [-0.2, 0) is 25.8 Å². The third kappa shape index (κ3) is 3.76. The molecule has 0 spiro atoms. The van der Waals surface area contributed by atoms with Crippen LogP contribution in [0.2, 0.25) is 0 Å². The lowest BCUT2D eigenvalue weighted by Crippen LogP contribution is -2.29. The molecular weight excluding hydrogens is 248 g/mol. The Hall–Kier alpha value is -1.00. The molecule has 2 rings (SSSR count). The van der Waals surface area contributed by atoms with E-state index in [2.05, 4.69) is 31.0 Å². The zero-order valence-electron chi connectivity index (χ0n) is 13.2. The van der Waals surface area contributed by atoms with Crippen molar-refractivity contribution in [2.75, 3.05) is 26.2 Å². The van der Waals surface area contributed by atoms with Crippen LogP contribution < -0.4 is 5.32 Å². The highest BCUT2D eigenvalue weighted by Crippen LogP contribution is 2.17. The minimum Gasteiger partial charge on any atom is -0.312 e. The highest BCUT2D eigenvalue weighted by Gasteiger charge is 2.17. The fourth-order valence-corrected chi connectivity index (χ4v) is 2.82. The number of likely N-dealkylation sites (N-methyl/N-ethyl adjacent to an activating group) is 1. The predicted molar refractivity (Wildman–Crippen MR) is 82.9 cm³/mol. The van der Waals surface area contributed by atoms with Crippen molar-refractivity contribution in [1.82, 2.24) is 20.2 Å². The zero-order chi connectivity index (χ0) is 14.4. The molecule has 0 bridgehead atoms. The Morgan fingerprint density at radius 1 is 1.10 bits per heavy atom. The molecule has 4 heteroatoms. The number of rotatable bonds is 7. The molecule has 1 aliphatic rings. The van der Waals surface area contributed by atoms with Gasteiger partial charge in [0.05, 0.1) is 5.69 Å². The van der Waals surface area contributed by atoms with Gasteiger partial charge in [-0.1, -0.05) is 27.2 Å². The minimum atomic E-state index is 0.945. The lowest BCUT2D eigenvalue weighted by molar-refractivity contribution is 0.305. The molecule has 0 aromatic carbocycles. The second-order valence-electron chi connectivity index (χ2n) is 5.47. The zero-order valence-corrected chi connectivity index (χ0v) is 13.2. The molecule has 20 heavy (non-hydrogen) atoms. The van der Waals surface area contributed by atoms with Crippen LogP contribution in [0.1, 0.15) is 50.0 Å². The van der Waals surface area contributed by atoms with E-state index in [9.17, 15) is 0 Å². The normalized spacial score (nSPS) is 14.6. The maximum Gasteiger partial charge on any atom is 0.130 e. The molecule has 4 nitrogen and oxygen atoms in total.